The second-order valence-electron chi connectivity index (χ2n) is 7.47. The van der Waals surface area contributed by atoms with Crippen molar-refractivity contribution in [2.24, 2.45) is 0 Å². The molecule has 0 saturated carbocycles. The summed E-state index contributed by atoms with van der Waals surface area (Å²) in [4.78, 5) is 27.5. The summed E-state index contributed by atoms with van der Waals surface area (Å²) in [5, 5.41) is 11.1. The molecule has 0 spiro atoms. The number of rotatable bonds is 7. The Labute approximate surface area is 194 Å². The first-order chi connectivity index (χ1) is 16.4. The molecule has 0 bridgehead atoms. The molecule has 1 saturated heterocycles. The number of aliphatic hydroxyl groups is 1. The molecule has 1 amide bonds. The number of Topliss-reactive ketones (excluding diaryl/α,β-unsaturated/α-hetero) is 1. The van der Waals surface area contributed by atoms with Crippen molar-refractivity contribution in [1.82, 2.24) is 4.90 Å². The summed E-state index contributed by atoms with van der Waals surface area (Å²) in [6.45, 7) is -0.0287. The molecule has 1 aliphatic heterocycles. The maximum Gasteiger partial charge on any atom is 0.296 e. The van der Waals surface area contributed by atoms with Crippen LogP contribution in [0.5, 0.6) is 17.2 Å². The van der Waals surface area contributed by atoms with Gasteiger partial charge in [0.05, 0.1) is 45.8 Å². The van der Waals surface area contributed by atoms with Crippen LogP contribution in [0.2, 0.25) is 0 Å². The number of halogens is 1. The minimum atomic E-state index is -1.01. The third-order valence-corrected chi connectivity index (χ3v) is 5.57. The number of amides is 1. The molecular weight excluding hydrogens is 445 g/mol. The molecule has 1 unspecified atom stereocenters. The van der Waals surface area contributed by atoms with E-state index in [2.05, 4.69) is 0 Å². The highest BCUT2D eigenvalue weighted by atomic mass is 19.1. The van der Waals surface area contributed by atoms with Gasteiger partial charge in [0.25, 0.3) is 11.7 Å². The van der Waals surface area contributed by atoms with Crippen LogP contribution < -0.4 is 14.2 Å². The highest BCUT2D eigenvalue weighted by Gasteiger charge is 2.47. The average Bonchev–Trinajstić information content (AvgIpc) is 3.45. The fourth-order valence-corrected chi connectivity index (χ4v) is 3.98. The van der Waals surface area contributed by atoms with Crippen molar-refractivity contribution in [3.63, 3.8) is 0 Å². The highest BCUT2D eigenvalue weighted by Crippen LogP contribution is 2.46. The van der Waals surface area contributed by atoms with Crippen molar-refractivity contribution < 1.29 is 37.7 Å². The van der Waals surface area contributed by atoms with Crippen LogP contribution in [0.15, 0.2) is 64.8 Å². The molecule has 9 heteroatoms. The first-order valence-electron chi connectivity index (χ1n) is 10.3. The molecule has 0 radical (unpaired) electrons. The van der Waals surface area contributed by atoms with Crippen molar-refractivity contribution >= 4 is 17.4 Å². The van der Waals surface area contributed by atoms with E-state index in [4.69, 9.17) is 18.6 Å². The number of furan rings is 1. The number of hydrogen-bond acceptors (Lipinski definition) is 7. The van der Waals surface area contributed by atoms with Gasteiger partial charge in [-0.15, -0.1) is 0 Å². The lowest BCUT2D eigenvalue weighted by atomic mass is 9.94. The monoisotopic (exact) mass is 467 g/mol. The second kappa shape index (κ2) is 9.30. The average molecular weight is 467 g/mol. The van der Waals surface area contributed by atoms with Crippen LogP contribution in [-0.4, -0.2) is 43.0 Å². The largest absolute Gasteiger partial charge is 0.507 e. The summed E-state index contributed by atoms with van der Waals surface area (Å²) in [6.07, 6.45) is 1.46. The van der Waals surface area contributed by atoms with Crippen LogP contribution in [0, 0.1) is 5.82 Å². The quantitative estimate of drug-likeness (QED) is 0.318. The fraction of sp³-hybridized carbons (Fsp3) is 0.200. The molecule has 4 rings (SSSR count). The van der Waals surface area contributed by atoms with Gasteiger partial charge >= 0.3 is 0 Å². The Morgan fingerprint density at radius 2 is 1.68 bits per heavy atom. The Kier molecular flexibility index (Phi) is 6.27. The Morgan fingerprint density at radius 3 is 2.21 bits per heavy atom. The molecule has 1 N–H and O–H groups in total. The Hall–Kier alpha value is -4.27. The lowest BCUT2D eigenvalue weighted by molar-refractivity contribution is -0.140. The summed E-state index contributed by atoms with van der Waals surface area (Å²) in [6, 6.07) is 10.5. The van der Waals surface area contributed by atoms with Crippen LogP contribution in [0.1, 0.15) is 22.9 Å². The summed E-state index contributed by atoms with van der Waals surface area (Å²) < 4.78 is 35.1. The van der Waals surface area contributed by atoms with Gasteiger partial charge in [0, 0.05) is 5.56 Å². The van der Waals surface area contributed by atoms with E-state index in [1.54, 1.807) is 24.3 Å². The number of carbonyl (C=O) groups is 2. The minimum absolute atomic E-state index is 0.0287. The molecule has 34 heavy (non-hydrogen) atoms. The molecule has 8 nitrogen and oxygen atoms in total. The number of hydrogen-bond donors (Lipinski definition) is 1. The fourth-order valence-electron chi connectivity index (χ4n) is 3.98. The van der Waals surface area contributed by atoms with Gasteiger partial charge in [-0.2, -0.15) is 0 Å². The van der Waals surface area contributed by atoms with Crippen molar-refractivity contribution in [1.29, 1.82) is 0 Å². The molecule has 176 valence electrons. The minimum Gasteiger partial charge on any atom is -0.507 e. The van der Waals surface area contributed by atoms with Gasteiger partial charge < -0.3 is 28.6 Å². The molecule has 0 aliphatic carbocycles. The number of carbonyl (C=O) groups excluding carboxylic acids is 2. The lowest BCUT2D eigenvalue weighted by Gasteiger charge is -2.26. The van der Waals surface area contributed by atoms with E-state index in [-0.39, 0.29) is 17.7 Å². The SMILES string of the molecule is COc1cc(C2C(=C(O)c3ccc(F)cc3)C(=O)C(=O)N2Cc2ccco2)cc(OC)c1OC. The Balaban J connectivity index is 1.94. The normalized spacial score (nSPS) is 17.2. The summed E-state index contributed by atoms with van der Waals surface area (Å²) in [5.74, 6) is -1.25. The van der Waals surface area contributed by atoms with Gasteiger partial charge in [0.2, 0.25) is 5.75 Å². The van der Waals surface area contributed by atoms with E-state index in [1.165, 1.54) is 44.6 Å². The van der Waals surface area contributed by atoms with Crippen molar-refractivity contribution in [3.05, 3.63) is 83.1 Å². The zero-order valence-corrected chi connectivity index (χ0v) is 18.7. The number of nitrogens with zero attached hydrogens (tertiary/aromatic N) is 1. The zero-order valence-electron chi connectivity index (χ0n) is 18.7. The van der Waals surface area contributed by atoms with Gasteiger partial charge in [-0.25, -0.2) is 4.39 Å². The van der Waals surface area contributed by atoms with Crippen LogP contribution in [-0.2, 0) is 16.1 Å². The molecule has 1 fully saturated rings. The van der Waals surface area contributed by atoms with Gasteiger partial charge in [-0.05, 0) is 54.1 Å². The van der Waals surface area contributed by atoms with Gasteiger partial charge in [0.15, 0.2) is 11.5 Å². The molecule has 2 aromatic carbocycles. The molecule has 3 aromatic rings. The molecule has 1 aliphatic rings. The number of benzene rings is 2. The summed E-state index contributed by atoms with van der Waals surface area (Å²) >= 11 is 0. The third kappa shape index (κ3) is 3.96. The van der Waals surface area contributed by atoms with Gasteiger partial charge in [0.1, 0.15) is 17.3 Å². The standard InChI is InChI=1S/C25H22FNO7/c1-31-18-11-15(12-19(32-2)24(18)33-3)21-20(22(28)14-6-8-16(26)9-7-14)23(29)25(30)27(21)13-17-5-4-10-34-17/h4-12,21,28H,13H2,1-3H3. The lowest BCUT2D eigenvalue weighted by Crippen LogP contribution is -2.29. The van der Waals surface area contributed by atoms with E-state index in [0.717, 1.165) is 12.1 Å². The molecule has 2 heterocycles. The number of likely N-dealkylation sites (tertiary alicyclic amines) is 1. The van der Waals surface area contributed by atoms with Crippen LogP contribution in [0.25, 0.3) is 5.76 Å². The number of ketones is 1. The van der Waals surface area contributed by atoms with Crippen LogP contribution in [0.3, 0.4) is 0 Å². The van der Waals surface area contributed by atoms with Crippen molar-refractivity contribution in [2.75, 3.05) is 21.3 Å². The Morgan fingerprint density at radius 1 is 1.03 bits per heavy atom. The van der Waals surface area contributed by atoms with Crippen LogP contribution in [0.4, 0.5) is 4.39 Å². The van der Waals surface area contributed by atoms with Crippen molar-refractivity contribution in [2.45, 2.75) is 12.6 Å². The predicted octanol–water partition coefficient (Wildman–Crippen LogP) is 4.07. The summed E-state index contributed by atoms with van der Waals surface area (Å²) in [5.41, 5.74) is 0.469. The van der Waals surface area contributed by atoms with E-state index >= 15 is 0 Å². The maximum absolute atomic E-state index is 13.4. The van der Waals surface area contributed by atoms with Crippen molar-refractivity contribution in [3.8, 4) is 17.2 Å². The maximum atomic E-state index is 13.4. The van der Waals surface area contributed by atoms with E-state index in [0.29, 0.717) is 28.6 Å². The molecule has 1 aromatic heterocycles. The smallest absolute Gasteiger partial charge is 0.296 e. The topological polar surface area (TPSA) is 98.4 Å². The van der Waals surface area contributed by atoms with E-state index in [1.807, 2.05) is 0 Å². The first kappa shape index (κ1) is 22.9. The van der Waals surface area contributed by atoms with E-state index in [9.17, 15) is 19.1 Å². The second-order valence-corrected chi connectivity index (χ2v) is 7.47. The highest BCUT2D eigenvalue weighted by molar-refractivity contribution is 6.46. The van der Waals surface area contributed by atoms with Crippen LogP contribution >= 0.6 is 0 Å². The third-order valence-electron chi connectivity index (χ3n) is 5.57. The first-order valence-corrected chi connectivity index (χ1v) is 10.3. The van der Waals surface area contributed by atoms with Gasteiger partial charge in [-0.1, -0.05) is 0 Å². The number of aliphatic hydroxyl groups excluding tert-OH is 1. The van der Waals surface area contributed by atoms with E-state index < -0.39 is 29.3 Å². The molecular formula is C25H22FNO7. The molecule has 1 atom stereocenters. The van der Waals surface area contributed by atoms with Gasteiger partial charge in [-0.3, -0.25) is 9.59 Å². The number of methoxy groups -OCH3 is 3. The zero-order chi connectivity index (χ0) is 24.4. The predicted molar refractivity (Wildman–Crippen MR) is 119 cm³/mol. The Bertz CT molecular complexity index is 1220. The summed E-state index contributed by atoms with van der Waals surface area (Å²) in [7, 11) is 4.34. The number of ether oxygens (including phenoxy) is 3.